The summed E-state index contributed by atoms with van der Waals surface area (Å²) < 4.78 is 16.3. The van der Waals surface area contributed by atoms with E-state index in [2.05, 4.69) is 0 Å². The van der Waals surface area contributed by atoms with Crippen molar-refractivity contribution in [1.29, 1.82) is 0 Å². The lowest BCUT2D eigenvalue weighted by atomic mass is 10.0. The van der Waals surface area contributed by atoms with Gasteiger partial charge >= 0.3 is 11.6 Å². The fourth-order valence-electron chi connectivity index (χ4n) is 2.65. The van der Waals surface area contributed by atoms with Gasteiger partial charge in [-0.3, -0.25) is 4.79 Å². The fourth-order valence-corrected chi connectivity index (χ4v) is 2.65. The van der Waals surface area contributed by atoms with Gasteiger partial charge in [0, 0.05) is 12.8 Å². The molecule has 0 aliphatic heterocycles. The lowest BCUT2D eigenvalue weighted by Crippen LogP contribution is -2.15. The predicted octanol–water partition coefficient (Wildman–Crippen LogP) is 3.71. The summed E-state index contributed by atoms with van der Waals surface area (Å²) in [5.74, 6) is 0.265. The molecule has 3 rings (SSSR count). The number of carbonyl (C=O) groups excluding carboxylic acids is 1. The first kappa shape index (κ1) is 16.8. The van der Waals surface area contributed by atoms with E-state index < -0.39 is 11.6 Å². The minimum atomic E-state index is -0.525. The zero-order valence-corrected chi connectivity index (χ0v) is 14.1. The number of rotatable bonds is 5. The molecular weight excluding hydrogens is 320 g/mol. The molecule has 5 heteroatoms. The highest BCUT2D eigenvalue weighted by atomic mass is 16.5. The van der Waals surface area contributed by atoms with Crippen LogP contribution in [-0.2, 0) is 11.2 Å². The van der Waals surface area contributed by atoms with E-state index in [1.54, 1.807) is 25.1 Å². The van der Waals surface area contributed by atoms with Gasteiger partial charge in [-0.1, -0.05) is 43.3 Å². The lowest BCUT2D eigenvalue weighted by Gasteiger charge is -2.13. The molecule has 0 radical (unpaired) electrons. The van der Waals surface area contributed by atoms with Gasteiger partial charge in [0.2, 0.25) is 0 Å². The van der Waals surface area contributed by atoms with Gasteiger partial charge in [0.25, 0.3) is 0 Å². The van der Waals surface area contributed by atoms with E-state index in [9.17, 15) is 9.59 Å². The average Bonchev–Trinajstić information content (AvgIpc) is 2.64. The Morgan fingerprint density at radius 3 is 2.52 bits per heavy atom. The van der Waals surface area contributed by atoms with Crippen molar-refractivity contribution in [2.24, 2.45) is 0 Å². The Bertz CT molecular complexity index is 957. The normalized spacial score (nSPS) is 10.6. The van der Waals surface area contributed by atoms with Crippen molar-refractivity contribution in [3.63, 3.8) is 0 Å². The van der Waals surface area contributed by atoms with Crippen LogP contribution < -0.4 is 15.1 Å². The maximum Gasteiger partial charge on any atom is 0.343 e. The number of benzene rings is 2. The van der Waals surface area contributed by atoms with Crippen molar-refractivity contribution in [1.82, 2.24) is 0 Å². The van der Waals surface area contributed by atoms with E-state index >= 15 is 0 Å². The molecule has 0 saturated heterocycles. The number of carbonyl (C=O) groups is 1. The second kappa shape index (κ2) is 7.21. The molecule has 0 fully saturated rings. The van der Waals surface area contributed by atoms with Gasteiger partial charge in [0.05, 0.1) is 12.7 Å². The monoisotopic (exact) mass is 338 g/mol. The predicted molar refractivity (Wildman–Crippen MR) is 94.2 cm³/mol. The van der Waals surface area contributed by atoms with Gasteiger partial charge in [-0.25, -0.2) is 4.79 Å². The van der Waals surface area contributed by atoms with Crippen molar-refractivity contribution in [2.45, 2.75) is 19.8 Å². The number of hydrogen-bond donors (Lipinski definition) is 0. The van der Waals surface area contributed by atoms with Crippen LogP contribution in [0.3, 0.4) is 0 Å². The average molecular weight is 338 g/mol. The first-order valence-corrected chi connectivity index (χ1v) is 8.01. The standard InChI is InChI=1S/C20H18O5/c1-3-17(21)25-19-14(12-13-8-5-4-6-9-13)20(22)24-16-11-7-10-15(23-2)18(16)19/h4-11H,3,12H2,1-2H3. The molecule has 0 saturated carbocycles. The molecule has 128 valence electrons. The Labute approximate surface area is 144 Å². The topological polar surface area (TPSA) is 65.7 Å². The fraction of sp³-hybridized carbons (Fsp3) is 0.200. The molecule has 1 aromatic heterocycles. The maximum absolute atomic E-state index is 12.5. The zero-order chi connectivity index (χ0) is 17.8. The molecule has 0 bridgehead atoms. The van der Waals surface area contributed by atoms with E-state index in [1.807, 2.05) is 30.3 Å². The molecule has 2 aromatic carbocycles. The Hall–Kier alpha value is -3.08. The van der Waals surface area contributed by atoms with Gasteiger partial charge in [-0.05, 0) is 17.7 Å². The number of methoxy groups -OCH3 is 1. The molecule has 1 heterocycles. The van der Waals surface area contributed by atoms with Crippen molar-refractivity contribution >= 4 is 16.9 Å². The summed E-state index contributed by atoms with van der Waals surface area (Å²) in [5, 5.41) is 0.484. The summed E-state index contributed by atoms with van der Waals surface area (Å²) in [5.41, 5.74) is 1.01. The third kappa shape index (κ3) is 3.40. The Morgan fingerprint density at radius 2 is 1.84 bits per heavy atom. The second-order valence-corrected chi connectivity index (χ2v) is 5.52. The van der Waals surface area contributed by atoms with Crippen LogP contribution >= 0.6 is 0 Å². The van der Waals surface area contributed by atoms with Crippen LogP contribution in [0, 0.1) is 0 Å². The van der Waals surface area contributed by atoms with E-state index in [1.165, 1.54) is 7.11 Å². The first-order chi connectivity index (χ1) is 12.1. The second-order valence-electron chi connectivity index (χ2n) is 5.52. The molecular formula is C20H18O5. The van der Waals surface area contributed by atoms with Gasteiger partial charge < -0.3 is 13.9 Å². The third-order valence-electron chi connectivity index (χ3n) is 3.89. The van der Waals surface area contributed by atoms with Crippen molar-refractivity contribution in [3.05, 3.63) is 70.1 Å². The van der Waals surface area contributed by atoms with Crippen molar-refractivity contribution < 1.29 is 18.7 Å². The van der Waals surface area contributed by atoms with E-state index in [-0.39, 0.29) is 12.2 Å². The quantitative estimate of drug-likeness (QED) is 0.524. The van der Waals surface area contributed by atoms with Crippen LogP contribution in [0.1, 0.15) is 24.5 Å². The maximum atomic E-state index is 12.5. The third-order valence-corrected chi connectivity index (χ3v) is 3.89. The molecule has 0 N–H and O–H groups in total. The zero-order valence-electron chi connectivity index (χ0n) is 14.1. The summed E-state index contributed by atoms with van der Waals surface area (Å²) in [6.07, 6.45) is 0.491. The van der Waals surface area contributed by atoms with Gasteiger partial charge in [0.15, 0.2) is 5.75 Å². The van der Waals surface area contributed by atoms with Gasteiger partial charge in [-0.15, -0.1) is 0 Å². The van der Waals surface area contributed by atoms with E-state index in [4.69, 9.17) is 13.9 Å². The first-order valence-electron chi connectivity index (χ1n) is 8.01. The highest BCUT2D eigenvalue weighted by Crippen LogP contribution is 2.36. The van der Waals surface area contributed by atoms with Gasteiger partial charge in [0.1, 0.15) is 16.7 Å². The Kier molecular flexibility index (Phi) is 4.84. The SMILES string of the molecule is CCC(=O)Oc1c(Cc2ccccc2)c(=O)oc2cccc(OC)c12. The van der Waals surface area contributed by atoms with Crippen LogP contribution in [0.25, 0.3) is 11.0 Å². The summed E-state index contributed by atoms with van der Waals surface area (Å²) in [6.45, 7) is 1.70. The minimum Gasteiger partial charge on any atom is -0.496 e. The van der Waals surface area contributed by atoms with Crippen LogP contribution in [0.4, 0.5) is 0 Å². The van der Waals surface area contributed by atoms with Crippen molar-refractivity contribution in [3.8, 4) is 11.5 Å². The number of ether oxygens (including phenoxy) is 2. The molecule has 0 amide bonds. The summed E-state index contributed by atoms with van der Waals surface area (Å²) >= 11 is 0. The minimum absolute atomic E-state index is 0.196. The molecule has 5 nitrogen and oxygen atoms in total. The largest absolute Gasteiger partial charge is 0.496 e. The lowest BCUT2D eigenvalue weighted by molar-refractivity contribution is -0.133. The number of esters is 1. The highest BCUT2D eigenvalue weighted by Gasteiger charge is 2.21. The van der Waals surface area contributed by atoms with E-state index in [0.717, 1.165) is 5.56 Å². The van der Waals surface area contributed by atoms with Crippen LogP contribution in [0.2, 0.25) is 0 Å². The van der Waals surface area contributed by atoms with Crippen molar-refractivity contribution in [2.75, 3.05) is 7.11 Å². The molecule has 0 aliphatic rings. The molecule has 0 unspecified atom stereocenters. The van der Waals surface area contributed by atoms with Crippen LogP contribution in [0.15, 0.2) is 57.7 Å². The summed E-state index contributed by atoms with van der Waals surface area (Å²) in [4.78, 5) is 24.5. The smallest absolute Gasteiger partial charge is 0.343 e. The van der Waals surface area contributed by atoms with Crippen LogP contribution in [0.5, 0.6) is 11.5 Å². The van der Waals surface area contributed by atoms with Crippen LogP contribution in [-0.4, -0.2) is 13.1 Å². The number of fused-ring (bicyclic) bond motifs is 1. The summed E-state index contributed by atoms with van der Waals surface area (Å²) in [7, 11) is 1.52. The highest BCUT2D eigenvalue weighted by molar-refractivity contribution is 5.92. The Balaban J connectivity index is 2.26. The Morgan fingerprint density at radius 1 is 1.08 bits per heavy atom. The molecule has 25 heavy (non-hydrogen) atoms. The molecule has 0 spiro atoms. The summed E-state index contributed by atoms with van der Waals surface area (Å²) in [6, 6.07) is 14.6. The van der Waals surface area contributed by atoms with E-state index in [0.29, 0.717) is 28.7 Å². The molecule has 0 atom stereocenters. The number of hydrogen-bond acceptors (Lipinski definition) is 5. The van der Waals surface area contributed by atoms with Gasteiger partial charge in [-0.2, -0.15) is 0 Å². The molecule has 0 aliphatic carbocycles. The molecule has 3 aromatic rings.